The summed E-state index contributed by atoms with van der Waals surface area (Å²) in [7, 11) is 0. The molecule has 2 aliphatic heterocycles. The van der Waals surface area contributed by atoms with Gasteiger partial charge < -0.3 is 14.0 Å². The highest BCUT2D eigenvalue weighted by Crippen LogP contribution is 2.45. The van der Waals surface area contributed by atoms with E-state index in [-0.39, 0.29) is 23.0 Å². The summed E-state index contributed by atoms with van der Waals surface area (Å²) < 4.78 is 5.00. The molecule has 312 valence electrons. The molecule has 0 saturated heterocycles. The fraction of sp³-hybridized carbons (Fsp3) is 0.241. The quantitative estimate of drug-likeness (QED) is 0.167. The van der Waals surface area contributed by atoms with Gasteiger partial charge in [-0.3, -0.25) is 0 Å². The lowest BCUT2D eigenvalue weighted by molar-refractivity contribution is 0.590. The number of fused-ring (bicyclic) bond motifs is 10. The molecule has 0 unspecified atom stereocenters. The van der Waals surface area contributed by atoms with E-state index in [1.54, 1.807) is 0 Å². The van der Waals surface area contributed by atoms with Gasteiger partial charge in [-0.25, -0.2) is 0 Å². The highest BCUT2D eigenvalue weighted by molar-refractivity contribution is 7.00. The lowest BCUT2D eigenvalue weighted by Gasteiger charge is -2.41. The Labute approximate surface area is 376 Å². The van der Waals surface area contributed by atoms with Crippen molar-refractivity contribution in [3.05, 3.63) is 155 Å². The van der Waals surface area contributed by atoms with Crippen LogP contribution in [-0.4, -0.2) is 15.8 Å². The van der Waals surface area contributed by atoms with E-state index >= 15 is 0 Å². The topological polar surface area (TPSA) is 60.7 Å². The van der Waals surface area contributed by atoms with Gasteiger partial charge in [0.15, 0.2) is 0 Å². The fourth-order valence-corrected chi connectivity index (χ4v) is 10.7. The Hall–Kier alpha value is -7.02. The van der Waals surface area contributed by atoms with Crippen LogP contribution in [-0.2, 0) is 22.7 Å². The van der Waals surface area contributed by atoms with E-state index in [4.69, 9.17) is 0 Å². The van der Waals surface area contributed by atoms with Gasteiger partial charge in [0.2, 0.25) is 0 Å². The standard InChI is InChI=1S/C58H52BN5/c1-11-34-12-22-48-44(24-34)45-25-36(33-61)27-47-55(45)64(48)53-31-41(63-50-28-38(57(5,6)7)16-20-42(50)43-21-17-39(29-51(43)63)58(8,9)10)30-52-54(53)59(47)46-26-35(32-60)13-23-49(46)62(52)40-18-14-37(15-19-40)56(2,3)4/h12-31H,11H2,1-10H3. The summed E-state index contributed by atoms with van der Waals surface area (Å²) in [4.78, 5) is 2.42. The van der Waals surface area contributed by atoms with Crippen LogP contribution in [0.15, 0.2) is 121 Å². The molecular weight excluding hydrogens is 777 g/mol. The van der Waals surface area contributed by atoms with Gasteiger partial charge in [-0.05, 0) is 140 Å². The van der Waals surface area contributed by atoms with Crippen LogP contribution in [0.5, 0.6) is 0 Å². The molecule has 0 amide bonds. The van der Waals surface area contributed by atoms with Crippen LogP contribution in [0.3, 0.4) is 0 Å². The first kappa shape index (κ1) is 39.8. The van der Waals surface area contributed by atoms with Crippen LogP contribution in [0.4, 0.5) is 17.1 Å². The predicted octanol–water partition coefficient (Wildman–Crippen LogP) is 12.7. The minimum absolute atomic E-state index is 0.0147. The van der Waals surface area contributed by atoms with Crippen LogP contribution < -0.4 is 21.3 Å². The van der Waals surface area contributed by atoms with Crippen molar-refractivity contribution in [2.75, 3.05) is 4.90 Å². The van der Waals surface area contributed by atoms with Gasteiger partial charge >= 0.3 is 0 Å². The number of nitrogens with zero attached hydrogens (tertiary/aromatic N) is 5. The van der Waals surface area contributed by atoms with Crippen molar-refractivity contribution in [3.8, 4) is 23.5 Å². The third-order valence-corrected chi connectivity index (χ3v) is 14.2. The number of anilines is 3. The second-order valence-electron chi connectivity index (χ2n) is 21.3. The molecule has 64 heavy (non-hydrogen) atoms. The maximum Gasteiger partial charge on any atom is 0.252 e. The molecule has 0 fully saturated rings. The Balaban J connectivity index is 1.34. The molecule has 0 spiro atoms. The van der Waals surface area contributed by atoms with Crippen LogP contribution in [0.1, 0.15) is 103 Å². The van der Waals surface area contributed by atoms with Gasteiger partial charge in [0.05, 0.1) is 45.5 Å². The molecule has 5 nitrogen and oxygen atoms in total. The zero-order chi connectivity index (χ0) is 44.8. The van der Waals surface area contributed by atoms with E-state index in [1.807, 2.05) is 6.07 Å². The molecule has 9 aromatic rings. The van der Waals surface area contributed by atoms with E-state index in [0.717, 1.165) is 67.6 Å². The SMILES string of the molecule is CCc1ccc2c(c1)c1cc(C#N)cc3c1n2-c1cc(-n2c4cc(C(C)(C)C)ccc4c4ccc(C(C)(C)C)cc42)cc2c1B3c1cc(C#N)ccc1N2c1ccc(C(C)(C)C)cc1. The summed E-state index contributed by atoms with van der Waals surface area (Å²) in [6.07, 6.45) is 0.912. The summed E-state index contributed by atoms with van der Waals surface area (Å²) in [5, 5.41) is 25.7. The molecule has 0 aliphatic carbocycles. The minimum Gasteiger partial charge on any atom is -0.311 e. The Morgan fingerprint density at radius 1 is 0.469 bits per heavy atom. The fourth-order valence-electron chi connectivity index (χ4n) is 10.7. The Morgan fingerprint density at radius 2 is 1.06 bits per heavy atom. The second-order valence-corrected chi connectivity index (χ2v) is 21.3. The van der Waals surface area contributed by atoms with Crippen molar-refractivity contribution < 1.29 is 0 Å². The Morgan fingerprint density at radius 3 is 1.66 bits per heavy atom. The van der Waals surface area contributed by atoms with Crippen molar-refractivity contribution in [1.82, 2.24) is 9.13 Å². The molecule has 2 aliphatic rings. The molecule has 2 aromatic heterocycles. The van der Waals surface area contributed by atoms with Crippen LogP contribution >= 0.6 is 0 Å². The zero-order valence-electron chi connectivity index (χ0n) is 38.6. The number of aromatic nitrogens is 2. The van der Waals surface area contributed by atoms with Gasteiger partial charge in [-0.2, -0.15) is 10.5 Å². The van der Waals surface area contributed by atoms with Crippen molar-refractivity contribution in [2.24, 2.45) is 0 Å². The molecule has 11 rings (SSSR count). The number of hydrogen-bond donors (Lipinski definition) is 0. The zero-order valence-corrected chi connectivity index (χ0v) is 38.6. The summed E-state index contributed by atoms with van der Waals surface area (Å²) in [6.45, 7) is 22.5. The van der Waals surface area contributed by atoms with Crippen molar-refractivity contribution in [2.45, 2.75) is 91.9 Å². The minimum atomic E-state index is -0.233. The van der Waals surface area contributed by atoms with Gasteiger partial charge in [0, 0.05) is 49.8 Å². The van der Waals surface area contributed by atoms with E-state index in [9.17, 15) is 10.5 Å². The van der Waals surface area contributed by atoms with E-state index in [2.05, 4.69) is 211 Å². The monoisotopic (exact) mass is 829 g/mol. The predicted molar refractivity (Wildman–Crippen MR) is 269 cm³/mol. The maximum absolute atomic E-state index is 10.6. The van der Waals surface area contributed by atoms with Gasteiger partial charge in [-0.1, -0.05) is 112 Å². The molecular formula is C58H52BN5. The first-order valence-electron chi connectivity index (χ1n) is 22.7. The van der Waals surface area contributed by atoms with Crippen LogP contribution in [0.2, 0.25) is 0 Å². The molecule has 0 bridgehead atoms. The molecule has 0 radical (unpaired) electrons. The van der Waals surface area contributed by atoms with E-state index < -0.39 is 0 Å². The number of hydrogen-bond acceptors (Lipinski definition) is 3. The van der Waals surface area contributed by atoms with Crippen molar-refractivity contribution >= 4 is 83.8 Å². The van der Waals surface area contributed by atoms with Gasteiger partial charge in [-0.15, -0.1) is 0 Å². The first-order valence-corrected chi connectivity index (χ1v) is 22.7. The smallest absolute Gasteiger partial charge is 0.252 e. The number of rotatable bonds is 3. The largest absolute Gasteiger partial charge is 0.311 e. The van der Waals surface area contributed by atoms with Crippen LogP contribution in [0.25, 0.3) is 55.0 Å². The number of benzene rings is 7. The molecule has 4 heterocycles. The van der Waals surface area contributed by atoms with Gasteiger partial charge in [0.25, 0.3) is 6.71 Å². The Kier molecular flexibility index (Phi) is 8.39. The van der Waals surface area contributed by atoms with E-state index in [1.165, 1.54) is 49.5 Å². The molecule has 7 aromatic carbocycles. The van der Waals surface area contributed by atoms with Crippen LogP contribution in [0, 0.1) is 22.7 Å². The van der Waals surface area contributed by atoms with Crippen molar-refractivity contribution in [3.63, 3.8) is 0 Å². The third-order valence-electron chi connectivity index (χ3n) is 14.2. The maximum atomic E-state index is 10.6. The average Bonchev–Trinajstić information content (AvgIpc) is 3.78. The molecule has 0 N–H and O–H groups in total. The summed E-state index contributed by atoms with van der Waals surface area (Å²) in [5.74, 6) is 0. The summed E-state index contributed by atoms with van der Waals surface area (Å²) in [6, 6.07) is 50.2. The summed E-state index contributed by atoms with van der Waals surface area (Å²) in [5.41, 5.74) is 19.5. The lowest BCUT2D eigenvalue weighted by Crippen LogP contribution is -2.60. The molecule has 0 saturated carbocycles. The summed E-state index contributed by atoms with van der Waals surface area (Å²) >= 11 is 0. The van der Waals surface area contributed by atoms with E-state index in [0.29, 0.717) is 11.1 Å². The number of aryl methyl sites for hydroxylation is 1. The highest BCUT2D eigenvalue weighted by atomic mass is 15.2. The average molecular weight is 830 g/mol. The molecule has 0 atom stereocenters. The normalized spacial score (nSPS) is 13.4. The van der Waals surface area contributed by atoms with Gasteiger partial charge in [0.1, 0.15) is 0 Å². The number of nitriles is 2. The van der Waals surface area contributed by atoms with Crippen molar-refractivity contribution in [1.29, 1.82) is 10.5 Å². The lowest BCUT2D eigenvalue weighted by atomic mass is 9.33. The Bertz CT molecular complexity index is 3490. The highest BCUT2D eigenvalue weighted by Gasteiger charge is 2.43. The molecule has 6 heteroatoms. The third kappa shape index (κ3) is 5.75. The second kappa shape index (κ2) is 13.5. The first-order chi connectivity index (χ1) is 30.5.